The summed E-state index contributed by atoms with van der Waals surface area (Å²) in [6.45, 7) is 5.38. The maximum atomic E-state index is 12.7. The van der Waals surface area contributed by atoms with Crippen molar-refractivity contribution >= 4 is 33.7 Å². The number of sulfonamides is 1. The van der Waals surface area contributed by atoms with Gasteiger partial charge in [0.2, 0.25) is 10.0 Å². The van der Waals surface area contributed by atoms with Crippen LogP contribution in [0.1, 0.15) is 40.0 Å². The molecule has 0 spiro atoms. The molecule has 2 atom stereocenters. The van der Waals surface area contributed by atoms with Crippen LogP contribution >= 0.6 is 11.6 Å². The number of hydrogen-bond acceptors (Lipinski definition) is 5. The van der Waals surface area contributed by atoms with Gasteiger partial charge in [0.25, 0.3) is 0 Å². The molecule has 0 unspecified atom stereocenters. The normalized spacial score (nSPS) is 19.9. The summed E-state index contributed by atoms with van der Waals surface area (Å²) in [5.41, 5.74) is -0.699. The SMILES string of the molecule is CC(C)(C)OC(=O)N1C[C@H](NS(=O)(=O)c2ccc(Cl)cc2)C[C@H]1C=CCCC(=O)O. The summed E-state index contributed by atoms with van der Waals surface area (Å²) in [6, 6.07) is 4.87. The van der Waals surface area contributed by atoms with E-state index < -0.39 is 39.8 Å². The number of rotatable bonds is 7. The first-order chi connectivity index (χ1) is 13.9. The van der Waals surface area contributed by atoms with Gasteiger partial charge >= 0.3 is 12.1 Å². The summed E-state index contributed by atoms with van der Waals surface area (Å²) in [5.74, 6) is -0.913. The van der Waals surface area contributed by atoms with E-state index >= 15 is 0 Å². The molecule has 1 amide bonds. The van der Waals surface area contributed by atoms with E-state index in [-0.39, 0.29) is 17.9 Å². The first-order valence-corrected chi connectivity index (χ1v) is 11.4. The average Bonchev–Trinajstić information content (AvgIpc) is 2.99. The largest absolute Gasteiger partial charge is 0.481 e. The van der Waals surface area contributed by atoms with Crippen LogP contribution < -0.4 is 4.72 Å². The van der Waals surface area contributed by atoms with Crippen LogP contribution in [0.5, 0.6) is 0 Å². The number of nitrogens with one attached hydrogen (secondary N) is 1. The number of halogens is 1. The first-order valence-electron chi connectivity index (χ1n) is 9.53. The Balaban J connectivity index is 2.14. The van der Waals surface area contributed by atoms with E-state index in [1.165, 1.54) is 29.2 Å². The fourth-order valence-corrected chi connectivity index (χ4v) is 4.39. The number of hydrogen-bond donors (Lipinski definition) is 2. The number of ether oxygens (including phenoxy) is 1. The van der Waals surface area contributed by atoms with Crippen molar-refractivity contribution in [2.24, 2.45) is 0 Å². The number of benzene rings is 1. The highest BCUT2D eigenvalue weighted by Crippen LogP contribution is 2.24. The highest BCUT2D eigenvalue weighted by molar-refractivity contribution is 7.89. The second-order valence-electron chi connectivity index (χ2n) is 8.07. The molecule has 2 N–H and O–H groups in total. The average molecular weight is 459 g/mol. The van der Waals surface area contributed by atoms with Crippen LogP contribution in [0.15, 0.2) is 41.3 Å². The summed E-state index contributed by atoms with van der Waals surface area (Å²) in [6.07, 6.45) is 3.49. The van der Waals surface area contributed by atoms with Crippen molar-refractivity contribution in [3.8, 4) is 0 Å². The number of carboxylic acid groups (broad SMARTS) is 1. The zero-order valence-corrected chi connectivity index (χ0v) is 18.7. The van der Waals surface area contributed by atoms with Gasteiger partial charge < -0.3 is 14.7 Å². The maximum Gasteiger partial charge on any atom is 0.410 e. The number of carbonyl (C=O) groups is 2. The van der Waals surface area contributed by atoms with Gasteiger partial charge in [-0.3, -0.25) is 4.79 Å². The Kier molecular flexibility index (Phi) is 7.90. The molecular formula is C20H27ClN2O6S. The zero-order chi connectivity index (χ0) is 22.5. The molecule has 0 saturated carbocycles. The number of aliphatic carboxylic acids is 1. The van der Waals surface area contributed by atoms with Crippen LogP contribution in [0, 0.1) is 0 Å². The molecule has 1 aliphatic heterocycles. The molecule has 0 bridgehead atoms. The van der Waals surface area contributed by atoms with Gasteiger partial charge in [-0.05, 0) is 57.9 Å². The molecule has 8 nitrogen and oxygen atoms in total. The predicted octanol–water partition coefficient (Wildman–Crippen LogP) is 3.42. The number of likely N-dealkylation sites (tertiary alicyclic amines) is 1. The number of carbonyl (C=O) groups excluding carboxylic acids is 1. The monoisotopic (exact) mass is 458 g/mol. The van der Waals surface area contributed by atoms with Gasteiger partial charge in [0.05, 0.1) is 10.9 Å². The first kappa shape index (κ1) is 24.2. The van der Waals surface area contributed by atoms with Crippen molar-refractivity contribution in [2.45, 2.75) is 62.6 Å². The molecule has 0 radical (unpaired) electrons. The summed E-state index contributed by atoms with van der Waals surface area (Å²) in [7, 11) is -3.79. The summed E-state index contributed by atoms with van der Waals surface area (Å²) in [5, 5.41) is 9.19. The van der Waals surface area contributed by atoms with Crippen molar-refractivity contribution in [1.82, 2.24) is 9.62 Å². The van der Waals surface area contributed by atoms with E-state index in [1.54, 1.807) is 32.9 Å². The van der Waals surface area contributed by atoms with Crippen molar-refractivity contribution in [1.29, 1.82) is 0 Å². The Labute approximate surface area is 181 Å². The van der Waals surface area contributed by atoms with E-state index in [0.29, 0.717) is 17.9 Å². The number of nitrogens with zero attached hydrogens (tertiary/aromatic N) is 1. The maximum absolute atomic E-state index is 12.7. The Hall–Kier alpha value is -2.10. The van der Waals surface area contributed by atoms with Gasteiger partial charge in [0, 0.05) is 24.0 Å². The summed E-state index contributed by atoms with van der Waals surface area (Å²) >= 11 is 5.82. The van der Waals surface area contributed by atoms with Crippen molar-refractivity contribution in [3.63, 3.8) is 0 Å². The van der Waals surface area contributed by atoms with Crippen molar-refractivity contribution in [3.05, 3.63) is 41.4 Å². The van der Waals surface area contributed by atoms with Crippen LogP contribution in [0.2, 0.25) is 5.02 Å². The van der Waals surface area contributed by atoms with Gasteiger partial charge in [0.1, 0.15) is 5.60 Å². The standard InChI is InChI=1S/C20H27ClN2O6S/c1-20(2,3)29-19(26)23-13-15(12-16(23)6-4-5-7-18(24)25)22-30(27,28)17-10-8-14(21)9-11-17/h4,6,8-11,15-16,22H,5,7,12-13H2,1-3H3,(H,24,25)/t15-,16-/m1/s1. The Morgan fingerprint density at radius 1 is 1.30 bits per heavy atom. The van der Waals surface area contributed by atoms with Crippen molar-refractivity contribution < 1.29 is 27.9 Å². The molecule has 30 heavy (non-hydrogen) atoms. The van der Waals surface area contributed by atoms with Crippen molar-refractivity contribution in [2.75, 3.05) is 6.54 Å². The predicted molar refractivity (Wildman–Crippen MR) is 113 cm³/mol. The van der Waals surface area contributed by atoms with Gasteiger partial charge in [-0.1, -0.05) is 23.8 Å². The van der Waals surface area contributed by atoms with Crippen LogP contribution in [0.3, 0.4) is 0 Å². The minimum atomic E-state index is -3.79. The minimum absolute atomic E-state index is 0.0255. The Morgan fingerprint density at radius 3 is 2.50 bits per heavy atom. The van der Waals surface area contributed by atoms with E-state index in [2.05, 4.69) is 4.72 Å². The molecule has 1 aromatic rings. The fraction of sp³-hybridized carbons (Fsp3) is 0.500. The third-order valence-electron chi connectivity index (χ3n) is 4.30. The number of allylic oxidation sites excluding steroid dienone is 1. The molecule has 1 aromatic carbocycles. The fourth-order valence-electron chi connectivity index (χ4n) is 3.03. The van der Waals surface area contributed by atoms with Crippen LogP contribution in [0.25, 0.3) is 0 Å². The second kappa shape index (κ2) is 9.80. The van der Waals surface area contributed by atoms with E-state index in [1.807, 2.05) is 0 Å². The van der Waals surface area contributed by atoms with Crippen LogP contribution in [0.4, 0.5) is 4.79 Å². The molecular weight excluding hydrogens is 432 g/mol. The lowest BCUT2D eigenvalue weighted by Gasteiger charge is -2.27. The molecule has 1 heterocycles. The molecule has 10 heteroatoms. The molecule has 0 aliphatic carbocycles. The lowest BCUT2D eigenvalue weighted by Crippen LogP contribution is -2.41. The lowest BCUT2D eigenvalue weighted by atomic mass is 10.1. The Bertz CT molecular complexity index is 893. The van der Waals surface area contributed by atoms with Gasteiger partial charge in [-0.25, -0.2) is 17.9 Å². The van der Waals surface area contributed by atoms with Gasteiger partial charge in [-0.15, -0.1) is 0 Å². The third kappa shape index (κ3) is 7.30. The van der Waals surface area contributed by atoms with Gasteiger partial charge in [0.15, 0.2) is 0 Å². The molecule has 1 fully saturated rings. The third-order valence-corrected chi connectivity index (χ3v) is 6.09. The molecule has 2 rings (SSSR count). The summed E-state index contributed by atoms with van der Waals surface area (Å²) in [4.78, 5) is 24.8. The highest BCUT2D eigenvalue weighted by Gasteiger charge is 2.38. The summed E-state index contributed by atoms with van der Waals surface area (Å²) < 4.78 is 33.4. The lowest BCUT2D eigenvalue weighted by molar-refractivity contribution is -0.136. The van der Waals surface area contributed by atoms with E-state index in [4.69, 9.17) is 21.4 Å². The zero-order valence-electron chi connectivity index (χ0n) is 17.2. The molecule has 0 aromatic heterocycles. The highest BCUT2D eigenvalue weighted by atomic mass is 35.5. The second-order valence-corrected chi connectivity index (χ2v) is 10.2. The number of carboxylic acids is 1. The Morgan fingerprint density at radius 2 is 1.93 bits per heavy atom. The topological polar surface area (TPSA) is 113 Å². The smallest absolute Gasteiger partial charge is 0.410 e. The molecule has 1 saturated heterocycles. The van der Waals surface area contributed by atoms with Crippen LogP contribution in [-0.4, -0.2) is 54.7 Å². The van der Waals surface area contributed by atoms with Crippen LogP contribution in [-0.2, 0) is 19.6 Å². The quantitative estimate of drug-likeness (QED) is 0.605. The molecule has 1 aliphatic rings. The molecule has 166 valence electrons. The van der Waals surface area contributed by atoms with E-state index in [9.17, 15) is 18.0 Å². The number of amides is 1. The van der Waals surface area contributed by atoms with E-state index in [0.717, 1.165) is 0 Å². The minimum Gasteiger partial charge on any atom is -0.481 e. The van der Waals surface area contributed by atoms with Gasteiger partial charge in [-0.2, -0.15) is 0 Å².